The average Bonchev–Trinajstić information content (AvgIpc) is 3.61. The first-order valence-electron chi connectivity index (χ1n) is 16.6. The van der Waals surface area contributed by atoms with E-state index in [1.807, 2.05) is 80.6 Å². The van der Waals surface area contributed by atoms with Crippen molar-refractivity contribution in [2.45, 2.75) is 59.1 Å². The zero-order valence-corrected chi connectivity index (χ0v) is 30.6. The number of rotatable bonds is 13. The molecule has 0 aliphatic rings. The maximum absolute atomic E-state index is 6.41. The van der Waals surface area contributed by atoms with Gasteiger partial charge in [0, 0.05) is 40.0 Å². The van der Waals surface area contributed by atoms with Crippen LogP contribution in [0.5, 0.6) is 11.5 Å². The number of anilines is 2. The van der Waals surface area contributed by atoms with Gasteiger partial charge in [0.1, 0.15) is 17.3 Å². The zero-order valence-electron chi connectivity index (χ0n) is 29.8. The van der Waals surface area contributed by atoms with Gasteiger partial charge in [-0.2, -0.15) is 4.98 Å². The average molecular weight is 698 g/mol. The van der Waals surface area contributed by atoms with Crippen LogP contribution in [-0.2, 0) is 4.74 Å². The molecule has 50 heavy (non-hydrogen) atoms. The minimum Gasteiger partial charge on any atom is -0.497 e. The monoisotopic (exact) mass is 697 g/mol. The van der Waals surface area contributed by atoms with Crippen molar-refractivity contribution in [3.8, 4) is 34.5 Å². The largest absolute Gasteiger partial charge is 0.497 e. The Kier molecular flexibility index (Phi) is 11.4. The number of fused-ring (bicyclic) bond motifs is 2. The maximum atomic E-state index is 6.41. The van der Waals surface area contributed by atoms with E-state index in [4.69, 9.17) is 35.3 Å². The highest BCUT2D eigenvalue weighted by atomic mass is 35.5. The van der Waals surface area contributed by atoms with Crippen molar-refractivity contribution in [3.63, 3.8) is 0 Å². The Morgan fingerprint density at radius 3 is 2.22 bits per heavy atom. The smallest absolute Gasteiger partial charge is 0.278 e. The molecule has 6 aromatic rings. The summed E-state index contributed by atoms with van der Waals surface area (Å²) in [6.07, 6.45) is 0.728. The molecular weight excluding hydrogens is 654 g/mol. The van der Waals surface area contributed by atoms with Gasteiger partial charge < -0.3 is 29.4 Å². The van der Waals surface area contributed by atoms with Crippen LogP contribution < -0.4 is 20.1 Å². The summed E-state index contributed by atoms with van der Waals surface area (Å²) >= 11 is 6.30. The van der Waals surface area contributed by atoms with Crippen LogP contribution in [0.4, 0.5) is 11.5 Å². The van der Waals surface area contributed by atoms with Crippen LogP contribution in [0.2, 0.25) is 5.02 Å². The molecule has 6 rings (SSSR count). The summed E-state index contributed by atoms with van der Waals surface area (Å²) in [6, 6.07) is 22.7. The third kappa shape index (κ3) is 8.77. The Balaban J connectivity index is 0.00000239. The van der Waals surface area contributed by atoms with Crippen LogP contribution in [-0.4, -0.2) is 63.8 Å². The van der Waals surface area contributed by atoms with Crippen LogP contribution in [0.3, 0.4) is 0 Å². The lowest BCUT2D eigenvalue weighted by molar-refractivity contribution is -0.0127. The summed E-state index contributed by atoms with van der Waals surface area (Å²) in [6.45, 7) is 13.4. The first-order valence-corrected chi connectivity index (χ1v) is 17.0. The molecule has 0 radical (unpaired) electrons. The van der Waals surface area contributed by atoms with Gasteiger partial charge >= 0.3 is 0 Å². The van der Waals surface area contributed by atoms with Gasteiger partial charge in [0.25, 0.3) is 5.89 Å². The number of aromatic nitrogens is 5. The molecule has 3 aromatic carbocycles. The molecular formula is C38H44ClN7O4. The predicted molar refractivity (Wildman–Crippen MR) is 200 cm³/mol. The lowest BCUT2D eigenvalue weighted by Gasteiger charge is -2.31. The van der Waals surface area contributed by atoms with Gasteiger partial charge in [0.05, 0.1) is 36.5 Å². The molecule has 0 amide bonds. The minimum atomic E-state index is -0.473. The number of halogens is 1. The van der Waals surface area contributed by atoms with Gasteiger partial charge in [-0.25, -0.2) is 4.98 Å². The Bertz CT molecular complexity index is 2030. The van der Waals surface area contributed by atoms with Gasteiger partial charge in [0.2, 0.25) is 5.82 Å². The first kappa shape index (κ1) is 36.3. The van der Waals surface area contributed by atoms with Crippen molar-refractivity contribution in [2.24, 2.45) is 0 Å². The van der Waals surface area contributed by atoms with Crippen LogP contribution in [0.15, 0.2) is 77.3 Å². The molecule has 262 valence electrons. The van der Waals surface area contributed by atoms with Crippen molar-refractivity contribution in [1.82, 2.24) is 25.3 Å². The number of methoxy groups -OCH3 is 2. The number of ether oxygens (including phenoxy) is 3. The second kappa shape index (κ2) is 15.7. The molecule has 3 heterocycles. The molecule has 3 aromatic heterocycles. The van der Waals surface area contributed by atoms with Crippen molar-refractivity contribution in [2.75, 3.05) is 38.0 Å². The van der Waals surface area contributed by atoms with Crippen molar-refractivity contribution < 1.29 is 18.7 Å². The Morgan fingerprint density at radius 2 is 1.52 bits per heavy atom. The normalized spacial score (nSPS) is 11.6. The summed E-state index contributed by atoms with van der Waals surface area (Å²) in [5.74, 6) is 2.90. The highest BCUT2D eigenvalue weighted by Gasteiger charge is 2.24. The SMILES string of the molecule is CC.COc1ccc(-c2noc(-c3ccc(NC(C)(C)CCOC(C)(C)CNc4c5ccc(Cl)cc5nc5ccc(OC)cc45)nn3)n2)cc1. The molecule has 12 heteroatoms. The topological polar surface area (TPSA) is 129 Å². The third-order valence-electron chi connectivity index (χ3n) is 7.98. The molecule has 0 saturated heterocycles. The highest BCUT2D eigenvalue weighted by Crippen LogP contribution is 2.35. The van der Waals surface area contributed by atoms with E-state index in [9.17, 15) is 0 Å². The van der Waals surface area contributed by atoms with E-state index in [2.05, 4.69) is 58.7 Å². The van der Waals surface area contributed by atoms with Crippen LogP contribution >= 0.6 is 11.6 Å². The van der Waals surface area contributed by atoms with Crippen molar-refractivity contribution in [3.05, 3.63) is 77.8 Å². The van der Waals surface area contributed by atoms with E-state index >= 15 is 0 Å². The van der Waals surface area contributed by atoms with Crippen molar-refractivity contribution >= 4 is 44.9 Å². The minimum absolute atomic E-state index is 0.291. The fourth-order valence-corrected chi connectivity index (χ4v) is 5.42. The van der Waals surface area contributed by atoms with Gasteiger partial charge in [-0.3, -0.25) is 0 Å². The van der Waals surface area contributed by atoms with Gasteiger partial charge in [-0.1, -0.05) is 30.6 Å². The quantitative estimate of drug-likeness (QED) is 0.112. The molecule has 0 aliphatic carbocycles. The van der Waals surface area contributed by atoms with Gasteiger partial charge in [-0.15, -0.1) is 10.2 Å². The predicted octanol–water partition coefficient (Wildman–Crippen LogP) is 9.08. The zero-order chi connectivity index (χ0) is 35.9. The number of pyridine rings is 1. The van der Waals surface area contributed by atoms with Gasteiger partial charge in [-0.05, 0) is 107 Å². The molecule has 0 bridgehead atoms. The molecule has 2 N–H and O–H groups in total. The van der Waals surface area contributed by atoms with Crippen LogP contribution in [0, 0.1) is 0 Å². The van der Waals surface area contributed by atoms with E-state index < -0.39 is 5.60 Å². The first-order chi connectivity index (χ1) is 24.0. The number of hydrogen-bond donors (Lipinski definition) is 2. The third-order valence-corrected chi connectivity index (χ3v) is 8.21. The number of nitrogens with one attached hydrogen (secondary N) is 2. The molecule has 0 aliphatic heterocycles. The van der Waals surface area contributed by atoms with E-state index in [0.29, 0.717) is 41.4 Å². The molecule has 0 unspecified atom stereocenters. The fourth-order valence-electron chi connectivity index (χ4n) is 5.26. The van der Waals surface area contributed by atoms with Gasteiger partial charge in [0.15, 0.2) is 5.69 Å². The van der Waals surface area contributed by atoms with Crippen LogP contribution in [0.1, 0.15) is 48.0 Å². The highest BCUT2D eigenvalue weighted by molar-refractivity contribution is 6.31. The second-order valence-corrected chi connectivity index (χ2v) is 13.1. The number of hydrogen-bond acceptors (Lipinski definition) is 11. The second-order valence-electron chi connectivity index (χ2n) is 12.7. The summed E-state index contributed by atoms with van der Waals surface area (Å²) < 4.78 is 22.6. The number of nitrogens with zero attached hydrogens (tertiary/aromatic N) is 5. The van der Waals surface area contributed by atoms with E-state index in [1.165, 1.54) is 0 Å². The maximum Gasteiger partial charge on any atom is 0.278 e. The Hall–Kier alpha value is -5.00. The Labute approximate surface area is 297 Å². The lowest BCUT2D eigenvalue weighted by atomic mass is 10.0. The lowest BCUT2D eigenvalue weighted by Crippen LogP contribution is -2.37. The molecule has 0 atom stereocenters. The molecule has 0 saturated carbocycles. The molecule has 0 fully saturated rings. The number of benzene rings is 3. The summed E-state index contributed by atoms with van der Waals surface area (Å²) in [7, 11) is 3.28. The fraction of sp³-hybridized carbons (Fsp3) is 0.342. The summed E-state index contributed by atoms with van der Waals surface area (Å²) in [5, 5.41) is 22.4. The van der Waals surface area contributed by atoms with Crippen LogP contribution in [0.25, 0.3) is 44.8 Å². The van der Waals surface area contributed by atoms with Crippen molar-refractivity contribution in [1.29, 1.82) is 0 Å². The van der Waals surface area contributed by atoms with E-state index in [-0.39, 0.29) is 5.54 Å². The van der Waals surface area contributed by atoms with E-state index in [1.54, 1.807) is 20.3 Å². The molecule has 0 spiro atoms. The Morgan fingerprint density at radius 1 is 0.780 bits per heavy atom. The van der Waals surface area contributed by atoms with E-state index in [0.717, 1.165) is 51.0 Å². The standard InChI is InChI=1S/C36H38ClN7O4.C2H6/c1-35(2,41-31-16-15-29(42-43-31)34-40-33(44-48-34)22-7-10-24(45-5)11-8-22)17-18-47-36(3,4)21-38-32-26-13-9-23(37)19-30(26)39-28-14-12-25(46-6)20-27(28)32;1-2/h7-16,19-20H,17-18,21H2,1-6H3,(H,38,39)(H,41,43);1-2H3. The summed E-state index contributed by atoms with van der Waals surface area (Å²) in [4.78, 5) is 9.30. The summed E-state index contributed by atoms with van der Waals surface area (Å²) in [5.41, 5.74) is 3.14. The molecule has 11 nitrogen and oxygen atoms in total.